The molecule has 1 N–H and O–H groups in total. The summed E-state index contributed by atoms with van der Waals surface area (Å²) in [5.74, 6) is -0.0326. The van der Waals surface area contributed by atoms with Crippen LogP contribution in [0.15, 0.2) is 53.4 Å². The van der Waals surface area contributed by atoms with Crippen LogP contribution in [-0.4, -0.2) is 57.4 Å². The summed E-state index contributed by atoms with van der Waals surface area (Å²) in [4.78, 5) is 17.2. The summed E-state index contributed by atoms with van der Waals surface area (Å²) in [6.45, 7) is 6.13. The minimum atomic E-state index is -3.63. The van der Waals surface area contributed by atoms with Gasteiger partial charge in [-0.15, -0.1) is 0 Å². The van der Waals surface area contributed by atoms with Crippen LogP contribution in [0.2, 0.25) is 0 Å². The lowest BCUT2D eigenvalue weighted by molar-refractivity contribution is -0.136. The molecule has 1 heterocycles. The smallest absolute Gasteiger partial charge is 0.240 e. The highest BCUT2D eigenvalue weighted by molar-refractivity contribution is 7.89. The molecular formula is C22H29N3O3S. The molecule has 29 heavy (non-hydrogen) atoms. The maximum absolute atomic E-state index is 12.9. The Morgan fingerprint density at radius 3 is 2.48 bits per heavy atom. The molecule has 1 atom stereocenters. The number of sulfonamides is 1. The maximum atomic E-state index is 12.9. The third kappa shape index (κ3) is 5.23. The summed E-state index contributed by atoms with van der Waals surface area (Å²) >= 11 is 0. The Bertz CT molecular complexity index is 961. The van der Waals surface area contributed by atoms with E-state index in [0.717, 1.165) is 29.8 Å². The first-order valence-corrected chi connectivity index (χ1v) is 11.4. The second kappa shape index (κ2) is 9.07. The van der Waals surface area contributed by atoms with E-state index in [4.69, 9.17) is 0 Å². The van der Waals surface area contributed by atoms with Crippen LogP contribution < -0.4 is 4.72 Å². The van der Waals surface area contributed by atoms with Crippen molar-refractivity contribution in [3.05, 3.63) is 65.2 Å². The molecule has 1 saturated heterocycles. The number of nitrogens with one attached hydrogen (secondary N) is 1. The minimum absolute atomic E-state index is 0.0150. The number of benzene rings is 2. The minimum Gasteiger partial charge on any atom is -0.333 e. The summed E-state index contributed by atoms with van der Waals surface area (Å²) in [5.41, 5.74) is 3.07. The molecule has 0 radical (unpaired) electrons. The van der Waals surface area contributed by atoms with Crippen LogP contribution in [0.5, 0.6) is 0 Å². The highest BCUT2D eigenvalue weighted by Crippen LogP contribution is 2.25. The van der Waals surface area contributed by atoms with E-state index in [1.54, 1.807) is 18.2 Å². The van der Waals surface area contributed by atoms with E-state index in [9.17, 15) is 13.2 Å². The van der Waals surface area contributed by atoms with Crippen molar-refractivity contribution < 1.29 is 13.2 Å². The number of hydrogen-bond acceptors (Lipinski definition) is 4. The fourth-order valence-corrected chi connectivity index (χ4v) is 4.70. The van der Waals surface area contributed by atoms with E-state index in [0.29, 0.717) is 6.54 Å². The molecule has 1 aliphatic rings. The third-order valence-electron chi connectivity index (χ3n) is 5.51. The topological polar surface area (TPSA) is 69.7 Å². The van der Waals surface area contributed by atoms with Crippen LogP contribution in [0.4, 0.5) is 0 Å². The predicted molar refractivity (Wildman–Crippen MR) is 114 cm³/mol. The molecule has 0 saturated carbocycles. The predicted octanol–water partition coefficient (Wildman–Crippen LogP) is 2.49. The maximum Gasteiger partial charge on any atom is 0.240 e. The monoisotopic (exact) mass is 415 g/mol. The molecule has 2 aromatic rings. The number of hydrogen-bond donors (Lipinski definition) is 1. The molecule has 6 nitrogen and oxygen atoms in total. The summed E-state index contributed by atoms with van der Waals surface area (Å²) in [6.07, 6.45) is 0.136. The summed E-state index contributed by atoms with van der Waals surface area (Å²) in [5, 5.41) is 0. The largest absolute Gasteiger partial charge is 0.333 e. The SMILES string of the molecule is Cc1ccc(S(=O)(=O)NCCC(=O)N2CCN(C)CC2c2ccccc2)cc1C. The van der Waals surface area contributed by atoms with Crippen molar-refractivity contribution >= 4 is 15.9 Å². The Morgan fingerprint density at radius 2 is 1.79 bits per heavy atom. The first kappa shape index (κ1) is 21.5. The van der Waals surface area contributed by atoms with Gasteiger partial charge in [-0.3, -0.25) is 4.79 Å². The molecule has 1 aliphatic heterocycles. The molecule has 2 aromatic carbocycles. The van der Waals surface area contributed by atoms with Crippen molar-refractivity contribution in [2.45, 2.75) is 31.2 Å². The zero-order valence-corrected chi connectivity index (χ0v) is 18.1. The van der Waals surface area contributed by atoms with Gasteiger partial charge in [0.15, 0.2) is 0 Å². The number of aryl methyl sites for hydroxylation is 2. The number of amides is 1. The van der Waals surface area contributed by atoms with E-state index in [-0.39, 0.29) is 29.8 Å². The standard InChI is InChI=1S/C22H29N3O3S/c1-17-9-10-20(15-18(17)2)29(27,28)23-12-11-22(26)25-14-13-24(3)16-21(25)19-7-5-4-6-8-19/h4-10,15,21,23H,11-14,16H2,1-3H3. The molecule has 0 bridgehead atoms. The molecule has 0 aliphatic carbocycles. The fourth-order valence-electron chi connectivity index (χ4n) is 3.58. The van der Waals surface area contributed by atoms with Crippen LogP contribution in [0.25, 0.3) is 0 Å². The van der Waals surface area contributed by atoms with Gasteiger partial charge in [0.1, 0.15) is 0 Å². The Kier molecular flexibility index (Phi) is 6.72. The second-order valence-corrected chi connectivity index (χ2v) is 9.44. The average Bonchev–Trinajstić information content (AvgIpc) is 2.70. The summed E-state index contributed by atoms with van der Waals surface area (Å²) in [6, 6.07) is 15.0. The van der Waals surface area contributed by atoms with Gasteiger partial charge in [0.25, 0.3) is 0 Å². The van der Waals surface area contributed by atoms with Gasteiger partial charge in [0.2, 0.25) is 15.9 Å². The zero-order chi connectivity index (χ0) is 21.0. The van der Waals surface area contributed by atoms with Gasteiger partial charge in [-0.2, -0.15) is 0 Å². The van der Waals surface area contributed by atoms with Gasteiger partial charge in [0, 0.05) is 32.6 Å². The highest BCUT2D eigenvalue weighted by atomic mass is 32.2. The Balaban J connectivity index is 1.64. The molecule has 0 spiro atoms. The van der Waals surface area contributed by atoms with E-state index < -0.39 is 10.0 Å². The first-order chi connectivity index (χ1) is 13.8. The van der Waals surface area contributed by atoms with Gasteiger partial charge in [-0.25, -0.2) is 13.1 Å². The number of carbonyl (C=O) groups excluding carboxylic acids is 1. The quantitative estimate of drug-likeness (QED) is 0.787. The van der Waals surface area contributed by atoms with Crippen molar-refractivity contribution in [3.63, 3.8) is 0 Å². The number of piperazine rings is 1. The molecule has 3 rings (SSSR count). The molecular weight excluding hydrogens is 386 g/mol. The Labute approximate surface area is 173 Å². The van der Waals surface area contributed by atoms with E-state index >= 15 is 0 Å². The van der Waals surface area contributed by atoms with E-state index in [2.05, 4.69) is 16.7 Å². The van der Waals surface area contributed by atoms with Crippen molar-refractivity contribution in [1.29, 1.82) is 0 Å². The molecule has 1 amide bonds. The zero-order valence-electron chi connectivity index (χ0n) is 17.3. The van der Waals surface area contributed by atoms with Gasteiger partial charge in [0.05, 0.1) is 10.9 Å². The van der Waals surface area contributed by atoms with Crippen molar-refractivity contribution in [3.8, 4) is 0 Å². The Hall–Kier alpha value is -2.22. The van der Waals surface area contributed by atoms with Crippen molar-refractivity contribution in [2.75, 3.05) is 33.2 Å². The van der Waals surface area contributed by atoms with Crippen molar-refractivity contribution in [1.82, 2.24) is 14.5 Å². The van der Waals surface area contributed by atoms with Gasteiger partial charge in [-0.1, -0.05) is 36.4 Å². The summed E-state index contributed by atoms with van der Waals surface area (Å²) < 4.78 is 27.6. The fraction of sp³-hybridized carbons (Fsp3) is 0.409. The number of carbonyl (C=O) groups is 1. The molecule has 156 valence electrons. The average molecular weight is 416 g/mol. The molecule has 0 aromatic heterocycles. The summed E-state index contributed by atoms with van der Waals surface area (Å²) in [7, 11) is -1.58. The Morgan fingerprint density at radius 1 is 1.07 bits per heavy atom. The highest BCUT2D eigenvalue weighted by Gasteiger charge is 2.30. The number of likely N-dealkylation sites (N-methyl/N-ethyl adjacent to an activating group) is 1. The lowest BCUT2D eigenvalue weighted by atomic mass is 10.0. The van der Waals surface area contributed by atoms with Crippen LogP contribution in [0.1, 0.15) is 29.2 Å². The molecule has 1 fully saturated rings. The van der Waals surface area contributed by atoms with Gasteiger partial charge >= 0.3 is 0 Å². The third-order valence-corrected chi connectivity index (χ3v) is 6.97. The molecule has 1 unspecified atom stereocenters. The van der Waals surface area contributed by atoms with Gasteiger partial charge < -0.3 is 9.80 Å². The van der Waals surface area contributed by atoms with Crippen LogP contribution >= 0.6 is 0 Å². The lowest BCUT2D eigenvalue weighted by Crippen LogP contribution is -2.49. The van der Waals surface area contributed by atoms with E-state index in [1.807, 2.05) is 49.1 Å². The second-order valence-electron chi connectivity index (χ2n) is 7.67. The lowest BCUT2D eigenvalue weighted by Gasteiger charge is -2.40. The van der Waals surface area contributed by atoms with Crippen LogP contribution in [0.3, 0.4) is 0 Å². The first-order valence-electron chi connectivity index (χ1n) is 9.88. The van der Waals surface area contributed by atoms with Crippen LogP contribution in [0, 0.1) is 13.8 Å². The van der Waals surface area contributed by atoms with Crippen LogP contribution in [-0.2, 0) is 14.8 Å². The van der Waals surface area contributed by atoms with Gasteiger partial charge in [-0.05, 0) is 49.7 Å². The normalized spacial score (nSPS) is 18.0. The number of nitrogens with zero attached hydrogens (tertiary/aromatic N) is 2. The van der Waals surface area contributed by atoms with Crippen molar-refractivity contribution in [2.24, 2.45) is 0 Å². The van der Waals surface area contributed by atoms with E-state index in [1.165, 1.54) is 0 Å². The number of rotatable bonds is 6. The molecule has 7 heteroatoms.